The van der Waals surface area contributed by atoms with Gasteiger partial charge in [-0.15, -0.1) is 0 Å². The highest BCUT2D eigenvalue weighted by molar-refractivity contribution is 5.96. The van der Waals surface area contributed by atoms with E-state index >= 15 is 0 Å². The molecule has 1 aromatic rings. The molecule has 0 spiro atoms. The van der Waals surface area contributed by atoms with Crippen LogP contribution in [0.2, 0.25) is 0 Å². The zero-order valence-electron chi connectivity index (χ0n) is 13.3. The van der Waals surface area contributed by atoms with Gasteiger partial charge < -0.3 is 15.7 Å². The Labute approximate surface area is 136 Å². The average Bonchev–Trinajstić information content (AvgIpc) is 3.41. The van der Waals surface area contributed by atoms with Gasteiger partial charge in [0.15, 0.2) is 0 Å². The largest absolute Gasteiger partial charge is 0.396 e. The number of rotatable bonds is 5. The number of amides is 2. The van der Waals surface area contributed by atoms with Crippen molar-refractivity contribution in [3.63, 3.8) is 0 Å². The lowest BCUT2D eigenvalue weighted by atomic mass is 9.85. The summed E-state index contributed by atoms with van der Waals surface area (Å²) in [5.74, 6) is 0.273. The third kappa shape index (κ3) is 4.10. The van der Waals surface area contributed by atoms with Crippen LogP contribution in [-0.2, 0) is 4.79 Å². The van der Waals surface area contributed by atoms with E-state index in [4.69, 9.17) is 0 Å². The fraction of sp³-hybridized carbons (Fsp3) is 0.556. The Balaban J connectivity index is 1.57. The number of hydrogen-bond donors (Lipinski definition) is 3. The summed E-state index contributed by atoms with van der Waals surface area (Å²) in [5.41, 5.74) is 1.31. The van der Waals surface area contributed by atoms with E-state index in [0.717, 1.165) is 44.2 Å². The van der Waals surface area contributed by atoms with E-state index in [1.807, 2.05) is 0 Å². The molecular weight excluding hydrogens is 292 g/mol. The molecule has 2 atom stereocenters. The Kier molecular flexibility index (Phi) is 4.96. The number of aliphatic hydroxyl groups excluding tert-OH is 1. The van der Waals surface area contributed by atoms with Crippen LogP contribution in [0.5, 0.6) is 0 Å². The normalized spacial score (nSPS) is 24.0. The smallest absolute Gasteiger partial charge is 0.251 e. The Bertz CT molecular complexity index is 566. The van der Waals surface area contributed by atoms with E-state index in [2.05, 4.69) is 10.6 Å². The molecule has 0 saturated heterocycles. The molecule has 2 aliphatic rings. The van der Waals surface area contributed by atoms with Gasteiger partial charge in [-0.1, -0.05) is 12.8 Å². The molecule has 2 fully saturated rings. The predicted octanol–water partition coefficient (Wildman–Crippen LogP) is 2.32. The molecule has 2 aliphatic carbocycles. The summed E-state index contributed by atoms with van der Waals surface area (Å²) < 4.78 is 0. The lowest BCUT2D eigenvalue weighted by Gasteiger charge is -2.30. The molecule has 0 aliphatic heterocycles. The van der Waals surface area contributed by atoms with Crippen molar-refractivity contribution in [1.29, 1.82) is 0 Å². The van der Waals surface area contributed by atoms with E-state index in [1.165, 1.54) is 0 Å². The summed E-state index contributed by atoms with van der Waals surface area (Å²) in [6.07, 6.45) is 6.04. The minimum atomic E-state index is -0.115. The average molecular weight is 316 g/mol. The maximum Gasteiger partial charge on any atom is 0.251 e. The standard InChI is InChI=1S/C18H24N2O3/c21-11-14-3-1-2-4-16(14)20-18(23)13-7-9-15(10-8-13)19-17(22)12-5-6-12/h7-10,12,14,16,21H,1-6,11H2,(H,19,22)(H,20,23). The molecule has 2 amide bonds. The number of aliphatic hydroxyl groups is 1. The first-order chi connectivity index (χ1) is 11.2. The van der Waals surface area contributed by atoms with E-state index in [9.17, 15) is 14.7 Å². The fourth-order valence-electron chi connectivity index (χ4n) is 3.16. The topological polar surface area (TPSA) is 78.4 Å². The van der Waals surface area contributed by atoms with Gasteiger partial charge in [-0.2, -0.15) is 0 Å². The number of benzene rings is 1. The quantitative estimate of drug-likeness (QED) is 0.780. The number of carbonyl (C=O) groups excluding carboxylic acids is 2. The molecule has 3 N–H and O–H groups in total. The van der Waals surface area contributed by atoms with Gasteiger partial charge in [0.25, 0.3) is 5.91 Å². The van der Waals surface area contributed by atoms with Crippen LogP contribution >= 0.6 is 0 Å². The molecule has 2 saturated carbocycles. The maximum atomic E-state index is 12.3. The lowest BCUT2D eigenvalue weighted by Crippen LogP contribution is -2.43. The van der Waals surface area contributed by atoms with Crippen molar-refractivity contribution in [2.45, 2.75) is 44.6 Å². The number of anilines is 1. The van der Waals surface area contributed by atoms with Crippen molar-refractivity contribution in [2.75, 3.05) is 11.9 Å². The zero-order valence-corrected chi connectivity index (χ0v) is 13.3. The molecule has 5 heteroatoms. The van der Waals surface area contributed by atoms with Crippen LogP contribution in [0.1, 0.15) is 48.9 Å². The second-order valence-electron chi connectivity index (χ2n) is 6.65. The van der Waals surface area contributed by atoms with Crippen molar-refractivity contribution in [3.05, 3.63) is 29.8 Å². The van der Waals surface area contributed by atoms with E-state index < -0.39 is 0 Å². The van der Waals surface area contributed by atoms with Crippen LogP contribution in [0.25, 0.3) is 0 Å². The highest BCUT2D eigenvalue weighted by Gasteiger charge is 2.29. The molecule has 23 heavy (non-hydrogen) atoms. The van der Waals surface area contributed by atoms with Crippen LogP contribution in [0.4, 0.5) is 5.69 Å². The molecule has 0 heterocycles. The first-order valence-electron chi connectivity index (χ1n) is 8.50. The second-order valence-corrected chi connectivity index (χ2v) is 6.65. The van der Waals surface area contributed by atoms with Gasteiger partial charge in [0, 0.05) is 35.7 Å². The lowest BCUT2D eigenvalue weighted by molar-refractivity contribution is -0.117. The molecule has 124 valence electrons. The third-order valence-electron chi connectivity index (χ3n) is 4.82. The molecule has 1 aromatic carbocycles. The Hall–Kier alpha value is -1.88. The van der Waals surface area contributed by atoms with Gasteiger partial charge in [-0.3, -0.25) is 9.59 Å². The van der Waals surface area contributed by atoms with E-state index in [1.54, 1.807) is 24.3 Å². The Morgan fingerprint density at radius 1 is 1.04 bits per heavy atom. The number of carbonyl (C=O) groups is 2. The van der Waals surface area contributed by atoms with Crippen LogP contribution in [0.3, 0.4) is 0 Å². The van der Waals surface area contributed by atoms with Crippen LogP contribution in [0.15, 0.2) is 24.3 Å². The first-order valence-corrected chi connectivity index (χ1v) is 8.50. The summed E-state index contributed by atoms with van der Waals surface area (Å²) in [6.45, 7) is 0.122. The zero-order chi connectivity index (χ0) is 16.2. The molecule has 0 radical (unpaired) electrons. The van der Waals surface area contributed by atoms with E-state index in [-0.39, 0.29) is 36.3 Å². The number of hydrogen-bond acceptors (Lipinski definition) is 3. The SMILES string of the molecule is O=C(NC1CCCCC1CO)c1ccc(NC(=O)C2CC2)cc1. The Morgan fingerprint density at radius 3 is 2.39 bits per heavy atom. The van der Waals surface area contributed by atoms with Gasteiger partial charge in [-0.05, 0) is 49.9 Å². The van der Waals surface area contributed by atoms with Crippen LogP contribution < -0.4 is 10.6 Å². The highest BCUT2D eigenvalue weighted by Crippen LogP contribution is 2.30. The monoisotopic (exact) mass is 316 g/mol. The van der Waals surface area contributed by atoms with E-state index in [0.29, 0.717) is 5.56 Å². The predicted molar refractivity (Wildman–Crippen MR) is 88.1 cm³/mol. The molecule has 5 nitrogen and oxygen atoms in total. The van der Waals surface area contributed by atoms with Crippen molar-refractivity contribution < 1.29 is 14.7 Å². The molecular formula is C18H24N2O3. The summed E-state index contributed by atoms with van der Waals surface area (Å²) >= 11 is 0. The van der Waals surface area contributed by atoms with Crippen molar-refractivity contribution in [1.82, 2.24) is 5.32 Å². The van der Waals surface area contributed by atoms with Gasteiger partial charge >= 0.3 is 0 Å². The van der Waals surface area contributed by atoms with Crippen LogP contribution in [-0.4, -0.2) is 29.6 Å². The fourth-order valence-corrected chi connectivity index (χ4v) is 3.16. The van der Waals surface area contributed by atoms with Crippen molar-refractivity contribution >= 4 is 17.5 Å². The summed E-state index contributed by atoms with van der Waals surface area (Å²) in [4.78, 5) is 24.1. The molecule has 3 rings (SSSR count). The highest BCUT2D eigenvalue weighted by atomic mass is 16.3. The van der Waals surface area contributed by atoms with Gasteiger partial charge in [0.1, 0.15) is 0 Å². The summed E-state index contributed by atoms with van der Waals surface area (Å²) in [6, 6.07) is 7.04. The molecule has 0 aromatic heterocycles. The van der Waals surface area contributed by atoms with Crippen molar-refractivity contribution in [3.8, 4) is 0 Å². The van der Waals surface area contributed by atoms with Gasteiger partial charge in [0.05, 0.1) is 0 Å². The van der Waals surface area contributed by atoms with Crippen LogP contribution in [0, 0.1) is 11.8 Å². The second kappa shape index (κ2) is 7.13. The van der Waals surface area contributed by atoms with Gasteiger partial charge in [0.2, 0.25) is 5.91 Å². The summed E-state index contributed by atoms with van der Waals surface area (Å²) in [5, 5.41) is 15.3. The number of nitrogens with one attached hydrogen (secondary N) is 2. The van der Waals surface area contributed by atoms with Gasteiger partial charge in [-0.25, -0.2) is 0 Å². The molecule has 2 unspecified atom stereocenters. The first kappa shape index (κ1) is 16.0. The molecule has 0 bridgehead atoms. The maximum absolute atomic E-state index is 12.3. The third-order valence-corrected chi connectivity index (χ3v) is 4.82. The van der Waals surface area contributed by atoms with Crippen molar-refractivity contribution in [2.24, 2.45) is 11.8 Å². The minimum Gasteiger partial charge on any atom is -0.396 e. The Morgan fingerprint density at radius 2 is 1.74 bits per heavy atom. The summed E-state index contributed by atoms with van der Waals surface area (Å²) in [7, 11) is 0. The minimum absolute atomic E-state index is 0.0514.